The smallest absolute Gasteiger partial charge is 0.261 e. The SMILES string of the molecule is CC.Cc1ccc(C(O)(CN2C(=O)c3ccccc3C2=O)c2ccc(Cl)cc2)cc1. The summed E-state index contributed by atoms with van der Waals surface area (Å²) < 4.78 is 0. The molecule has 0 radical (unpaired) electrons. The maximum atomic E-state index is 12.8. The number of aliphatic hydroxyl groups is 1. The van der Waals surface area contributed by atoms with Gasteiger partial charge in [0.05, 0.1) is 17.7 Å². The van der Waals surface area contributed by atoms with Gasteiger partial charge in [-0.1, -0.05) is 79.5 Å². The standard InChI is InChI=1S/C23H18ClNO3.C2H6/c1-15-6-8-16(9-7-15)23(28,17-10-12-18(24)13-11-17)14-25-21(26)19-4-2-3-5-20(19)22(25)27;1-2/h2-13,28H,14H2,1H3;1-2H3. The molecule has 1 aliphatic rings. The normalized spacial score (nSPS) is 14.6. The van der Waals surface area contributed by atoms with Crippen molar-refractivity contribution < 1.29 is 14.7 Å². The van der Waals surface area contributed by atoms with Gasteiger partial charge in [-0.2, -0.15) is 0 Å². The lowest BCUT2D eigenvalue weighted by Gasteiger charge is -2.33. The van der Waals surface area contributed by atoms with Crippen molar-refractivity contribution in [3.63, 3.8) is 0 Å². The van der Waals surface area contributed by atoms with Crippen LogP contribution in [0.25, 0.3) is 0 Å². The van der Waals surface area contributed by atoms with Gasteiger partial charge in [0.15, 0.2) is 0 Å². The highest BCUT2D eigenvalue weighted by atomic mass is 35.5. The quantitative estimate of drug-likeness (QED) is 0.588. The molecule has 0 saturated carbocycles. The summed E-state index contributed by atoms with van der Waals surface area (Å²) in [6.07, 6.45) is 0. The van der Waals surface area contributed by atoms with Crippen LogP contribution in [0.4, 0.5) is 0 Å². The van der Waals surface area contributed by atoms with Gasteiger partial charge in [0, 0.05) is 5.02 Å². The lowest BCUT2D eigenvalue weighted by atomic mass is 9.85. The first-order valence-corrected chi connectivity index (χ1v) is 10.3. The topological polar surface area (TPSA) is 57.6 Å². The molecule has 2 amide bonds. The number of fused-ring (bicyclic) bond motifs is 1. The second-order valence-corrected chi connectivity index (χ2v) is 7.41. The van der Waals surface area contributed by atoms with Crippen LogP contribution < -0.4 is 0 Å². The number of hydrogen-bond donors (Lipinski definition) is 1. The van der Waals surface area contributed by atoms with E-state index in [0.717, 1.165) is 10.5 Å². The second kappa shape index (κ2) is 8.82. The zero-order chi connectivity index (χ0) is 21.9. The van der Waals surface area contributed by atoms with Crippen LogP contribution in [0.5, 0.6) is 0 Å². The number of β-amino-alcohol motifs (C(OH)–C–C–N with tert-alkyl or cyclic N) is 1. The fraction of sp³-hybridized carbons (Fsp3) is 0.200. The number of aryl methyl sites for hydroxylation is 1. The van der Waals surface area contributed by atoms with E-state index in [2.05, 4.69) is 0 Å². The summed E-state index contributed by atoms with van der Waals surface area (Å²) in [5, 5.41) is 12.3. The Bertz CT molecular complexity index is 978. The molecular weight excluding hydrogens is 398 g/mol. The molecular formula is C25H24ClNO3. The fourth-order valence-corrected chi connectivity index (χ4v) is 3.64. The number of imide groups is 1. The summed E-state index contributed by atoms with van der Waals surface area (Å²) in [5.74, 6) is -0.805. The van der Waals surface area contributed by atoms with Gasteiger partial charge in [0.25, 0.3) is 11.8 Å². The summed E-state index contributed by atoms with van der Waals surface area (Å²) in [4.78, 5) is 26.8. The third kappa shape index (κ3) is 3.89. The van der Waals surface area contributed by atoms with Crippen LogP contribution in [-0.2, 0) is 5.60 Å². The summed E-state index contributed by atoms with van der Waals surface area (Å²) in [5.41, 5.74) is 1.34. The zero-order valence-corrected chi connectivity index (χ0v) is 18.0. The predicted octanol–water partition coefficient (Wildman–Crippen LogP) is 5.21. The number of rotatable bonds is 4. The Morgan fingerprint density at radius 1 is 0.800 bits per heavy atom. The van der Waals surface area contributed by atoms with Crippen molar-refractivity contribution in [2.24, 2.45) is 0 Å². The van der Waals surface area contributed by atoms with Gasteiger partial charge in [-0.3, -0.25) is 14.5 Å². The number of nitrogens with zero attached hydrogens (tertiary/aromatic N) is 1. The Hall–Kier alpha value is -2.95. The average Bonchev–Trinajstić information content (AvgIpc) is 3.01. The molecule has 4 nitrogen and oxygen atoms in total. The van der Waals surface area contributed by atoms with Crippen LogP contribution in [-0.4, -0.2) is 28.4 Å². The molecule has 1 N–H and O–H groups in total. The number of amides is 2. The Labute approximate surface area is 181 Å². The van der Waals surface area contributed by atoms with E-state index in [1.54, 1.807) is 48.5 Å². The molecule has 0 aliphatic carbocycles. The van der Waals surface area contributed by atoms with E-state index in [4.69, 9.17) is 11.6 Å². The number of carbonyl (C=O) groups is 2. The predicted molar refractivity (Wildman–Crippen MR) is 119 cm³/mol. The summed E-state index contributed by atoms with van der Waals surface area (Å²) >= 11 is 6.01. The molecule has 1 unspecified atom stereocenters. The van der Waals surface area contributed by atoms with E-state index in [1.807, 2.05) is 45.0 Å². The van der Waals surface area contributed by atoms with Gasteiger partial charge in [-0.15, -0.1) is 0 Å². The molecule has 4 rings (SSSR count). The molecule has 0 bridgehead atoms. The van der Waals surface area contributed by atoms with E-state index in [-0.39, 0.29) is 6.54 Å². The van der Waals surface area contributed by atoms with Crippen LogP contribution >= 0.6 is 11.6 Å². The third-order valence-electron chi connectivity index (χ3n) is 5.12. The summed E-state index contributed by atoms with van der Waals surface area (Å²) in [6.45, 7) is 5.76. The van der Waals surface area contributed by atoms with Crippen molar-refractivity contribution in [1.82, 2.24) is 4.90 Å². The largest absolute Gasteiger partial charge is 0.378 e. The first kappa shape index (κ1) is 21.8. The number of halogens is 1. The first-order valence-electron chi connectivity index (χ1n) is 9.91. The highest BCUT2D eigenvalue weighted by Gasteiger charge is 2.42. The van der Waals surface area contributed by atoms with Gasteiger partial charge >= 0.3 is 0 Å². The molecule has 1 heterocycles. The second-order valence-electron chi connectivity index (χ2n) is 6.98. The Kier molecular flexibility index (Phi) is 6.40. The molecule has 30 heavy (non-hydrogen) atoms. The molecule has 1 atom stereocenters. The van der Waals surface area contributed by atoms with E-state index in [0.29, 0.717) is 27.3 Å². The molecule has 0 saturated heterocycles. The van der Waals surface area contributed by atoms with Crippen molar-refractivity contribution in [3.05, 3.63) is 106 Å². The van der Waals surface area contributed by atoms with Crippen LogP contribution in [0.15, 0.2) is 72.8 Å². The van der Waals surface area contributed by atoms with Gasteiger partial charge in [0.2, 0.25) is 0 Å². The van der Waals surface area contributed by atoms with Gasteiger partial charge in [-0.05, 0) is 42.3 Å². The highest BCUT2D eigenvalue weighted by molar-refractivity contribution is 6.30. The fourth-order valence-electron chi connectivity index (χ4n) is 3.52. The van der Waals surface area contributed by atoms with Crippen LogP contribution in [0.1, 0.15) is 51.3 Å². The molecule has 0 aromatic heterocycles. The highest BCUT2D eigenvalue weighted by Crippen LogP contribution is 2.34. The Morgan fingerprint density at radius 2 is 1.23 bits per heavy atom. The van der Waals surface area contributed by atoms with Gasteiger partial charge in [0.1, 0.15) is 5.60 Å². The Balaban J connectivity index is 0.00000124. The van der Waals surface area contributed by atoms with Crippen molar-refractivity contribution in [2.45, 2.75) is 26.4 Å². The molecule has 154 valence electrons. The van der Waals surface area contributed by atoms with Crippen molar-refractivity contribution in [2.75, 3.05) is 6.54 Å². The van der Waals surface area contributed by atoms with E-state index in [9.17, 15) is 14.7 Å². The van der Waals surface area contributed by atoms with Crippen molar-refractivity contribution in [3.8, 4) is 0 Å². The zero-order valence-electron chi connectivity index (χ0n) is 17.2. The number of benzene rings is 3. The molecule has 3 aromatic rings. The average molecular weight is 422 g/mol. The summed E-state index contributed by atoms with van der Waals surface area (Å²) in [7, 11) is 0. The lowest BCUT2D eigenvalue weighted by molar-refractivity contribution is 0.0295. The number of carbonyl (C=O) groups excluding carboxylic acids is 2. The van der Waals surface area contributed by atoms with Crippen molar-refractivity contribution in [1.29, 1.82) is 0 Å². The van der Waals surface area contributed by atoms with E-state index >= 15 is 0 Å². The van der Waals surface area contributed by atoms with Gasteiger partial charge < -0.3 is 5.11 Å². The minimum absolute atomic E-state index is 0.190. The maximum absolute atomic E-state index is 12.8. The van der Waals surface area contributed by atoms with E-state index < -0.39 is 17.4 Å². The van der Waals surface area contributed by atoms with Crippen LogP contribution in [0, 0.1) is 6.92 Å². The van der Waals surface area contributed by atoms with Crippen LogP contribution in [0.2, 0.25) is 5.02 Å². The minimum atomic E-state index is -1.56. The van der Waals surface area contributed by atoms with Gasteiger partial charge in [-0.25, -0.2) is 0 Å². The molecule has 0 spiro atoms. The summed E-state index contributed by atoms with van der Waals surface area (Å²) in [6, 6.07) is 20.9. The monoisotopic (exact) mass is 421 g/mol. The lowest BCUT2D eigenvalue weighted by Crippen LogP contribution is -2.44. The Morgan fingerprint density at radius 3 is 1.70 bits per heavy atom. The van der Waals surface area contributed by atoms with E-state index in [1.165, 1.54) is 0 Å². The number of hydrogen-bond acceptors (Lipinski definition) is 3. The van der Waals surface area contributed by atoms with Crippen LogP contribution in [0.3, 0.4) is 0 Å². The minimum Gasteiger partial charge on any atom is -0.378 e. The van der Waals surface area contributed by atoms with Crippen molar-refractivity contribution >= 4 is 23.4 Å². The molecule has 0 fully saturated rings. The molecule has 1 aliphatic heterocycles. The molecule has 5 heteroatoms. The third-order valence-corrected chi connectivity index (χ3v) is 5.37. The maximum Gasteiger partial charge on any atom is 0.261 e. The first-order chi connectivity index (χ1) is 14.4. The molecule has 3 aromatic carbocycles.